The average Bonchev–Trinajstić information content (AvgIpc) is 2.79. The van der Waals surface area contributed by atoms with Crippen LogP contribution in [0.3, 0.4) is 0 Å². The number of nitrogens with zero attached hydrogens (tertiary/aromatic N) is 2. The Labute approximate surface area is 120 Å². The highest BCUT2D eigenvalue weighted by molar-refractivity contribution is 5.38. The maximum atomic E-state index is 6.32. The van der Waals surface area contributed by atoms with Gasteiger partial charge in [0.15, 0.2) is 0 Å². The van der Waals surface area contributed by atoms with Gasteiger partial charge < -0.3 is 10.5 Å². The molecule has 1 aromatic carbocycles. The van der Waals surface area contributed by atoms with E-state index in [4.69, 9.17) is 10.5 Å². The van der Waals surface area contributed by atoms with Gasteiger partial charge in [-0.05, 0) is 36.6 Å². The second-order valence-corrected chi connectivity index (χ2v) is 5.14. The van der Waals surface area contributed by atoms with E-state index >= 15 is 0 Å². The molecular weight excluding hydrogens is 250 g/mol. The van der Waals surface area contributed by atoms with E-state index in [1.807, 2.05) is 24.7 Å². The molecule has 1 atom stereocenters. The third kappa shape index (κ3) is 3.02. The zero-order chi connectivity index (χ0) is 14.7. The van der Waals surface area contributed by atoms with Gasteiger partial charge in [0.25, 0.3) is 0 Å². The number of aryl methyl sites for hydroxylation is 3. The standard InChI is InChI=1S/C16H23N3O/c1-5-13-9-14(19(3)18-13)10-15(17)12-7-6-11(2)16(8-12)20-4/h6-9,15H,5,10,17H2,1-4H3. The number of rotatable bonds is 5. The van der Waals surface area contributed by atoms with Crippen LogP contribution in [-0.4, -0.2) is 16.9 Å². The molecule has 4 nitrogen and oxygen atoms in total. The van der Waals surface area contributed by atoms with E-state index in [-0.39, 0.29) is 6.04 Å². The Balaban J connectivity index is 2.18. The van der Waals surface area contributed by atoms with E-state index in [1.165, 1.54) is 0 Å². The van der Waals surface area contributed by atoms with Gasteiger partial charge in [-0.3, -0.25) is 4.68 Å². The Morgan fingerprint density at radius 3 is 2.70 bits per heavy atom. The van der Waals surface area contributed by atoms with E-state index in [0.29, 0.717) is 0 Å². The smallest absolute Gasteiger partial charge is 0.122 e. The van der Waals surface area contributed by atoms with Gasteiger partial charge in [-0.2, -0.15) is 5.10 Å². The Bertz CT molecular complexity index is 589. The van der Waals surface area contributed by atoms with Crippen LogP contribution in [0.25, 0.3) is 0 Å². The summed E-state index contributed by atoms with van der Waals surface area (Å²) >= 11 is 0. The highest BCUT2D eigenvalue weighted by Crippen LogP contribution is 2.24. The van der Waals surface area contributed by atoms with E-state index in [9.17, 15) is 0 Å². The van der Waals surface area contributed by atoms with Gasteiger partial charge in [0.05, 0.1) is 12.8 Å². The fraction of sp³-hybridized carbons (Fsp3) is 0.438. The van der Waals surface area contributed by atoms with Crippen molar-refractivity contribution in [3.63, 3.8) is 0 Å². The molecule has 0 aliphatic heterocycles. The van der Waals surface area contributed by atoms with Crippen molar-refractivity contribution in [3.8, 4) is 5.75 Å². The molecule has 1 aromatic heterocycles. The molecular formula is C16H23N3O. The minimum atomic E-state index is -0.0513. The monoisotopic (exact) mass is 273 g/mol. The molecule has 2 aromatic rings. The predicted octanol–water partition coefficient (Wildman–Crippen LogP) is 2.54. The average molecular weight is 273 g/mol. The predicted molar refractivity (Wildman–Crippen MR) is 80.9 cm³/mol. The molecule has 0 bridgehead atoms. The number of hydrogen-bond donors (Lipinski definition) is 1. The molecule has 0 saturated carbocycles. The molecule has 0 fully saturated rings. The maximum Gasteiger partial charge on any atom is 0.122 e. The quantitative estimate of drug-likeness (QED) is 0.911. The molecule has 0 aliphatic rings. The van der Waals surface area contributed by atoms with Crippen LogP contribution in [0.5, 0.6) is 5.75 Å². The number of ether oxygens (including phenoxy) is 1. The first kappa shape index (κ1) is 14.6. The van der Waals surface area contributed by atoms with Crippen molar-refractivity contribution in [1.29, 1.82) is 0 Å². The Morgan fingerprint density at radius 1 is 1.35 bits per heavy atom. The Kier molecular flexibility index (Phi) is 4.45. The summed E-state index contributed by atoms with van der Waals surface area (Å²) in [6, 6.07) is 8.22. The summed E-state index contributed by atoms with van der Waals surface area (Å²) in [6.45, 7) is 4.14. The van der Waals surface area contributed by atoms with Gasteiger partial charge in [0.2, 0.25) is 0 Å². The number of aromatic nitrogens is 2. The summed E-state index contributed by atoms with van der Waals surface area (Å²) in [5.41, 5.74) is 10.8. The highest BCUT2D eigenvalue weighted by Gasteiger charge is 2.12. The minimum absolute atomic E-state index is 0.0513. The van der Waals surface area contributed by atoms with Crippen LogP contribution in [0, 0.1) is 6.92 Å². The molecule has 108 valence electrons. The van der Waals surface area contributed by atoms with Crippen molar-refractivity contribution >= 4 is 0 Å². The van der Waals surface area contributed by atoms with Gasteiger partial charge >= 0.3 is 0 Å². The molecule has 0 aliphatic carbocycles. The van der Waals surface area contributed by atoms with Gasteiger partial charge in [-0.1, -0.05) is 19.1 Å². The lowest BCUT2D eigenvalue weighted by Gasteiger charge is -2.14. The first-order chi connectivity index (χ1) is 9.55. The van der Waals surface area contributed by atoms with Crippen molar-refractivity contribution in [3.05, 3.63) is 46.8 Å². The zero-order valence-corrected chi connectivity index (χ0v) is 12.7. The molecule has 4 heteroatoms. The number of hydrogen-bond acceptors (Lipinski definition) is 3. The molecule has 20 heavy (non-hydrogen) atoms. The van der Waals surface area contributed by atoms with Crippen LogP contribution in [0.1, 0.15) is 35.5 Å². The topological polar surface area (TPSA) is 53.1 Å². The summed E-state index contributed by atoms with van der Waals surface area (Å²) in [7, 11) is 3.66. The van der Waals surface area contributed by atoms with E-state index in [2.05, 4.69) is 30.2 Å². The molecule has 0 saturated heterocycles. The molecule has 1 unspecified atom stereocenters. The molecule has 2 N–H and O–H groups in total. The van der Waals surface area contributed by atoms with Crippen LogP contribution in [0.2, 0.25) is 0 Å². The van der Waals surface area contributed by atoms with Gasteiger partial charge in [0, 0.05) is 25.2 Å². The normalized spacial score (nSPS) is 12.4. The SMILES string of the molecule is CCc1cc(CC(N)c2ccc(C)c(OC)c2)n(C)n1. The van der Waals surface area contributed by atoms with Crippen LogP contribution in [0.15, 0.2) is 24.3 Å². The van der Waals surface area contributed by atoms with E-state index in [1.54, 1.807) is 7.11 Å². The first-order valence-electron chi connectivity index (χ1n) is 6.97. The summed E-state index contributed by atoms with van der Waals surface area (Å²) in [4.78, 5) is 0. The Morgan fingerprint density at radius 2 is 2.10 bits per heavy atom. The van der Waals surface area contributed by atoms with Gasteiger partial charge in [0.1, 0.15) is 5.75 Å². The largest absolute Gasteiger partial charge is 0.496 e. The number of methoxy groups -OCH3 is 1. The van der Waals surface area contributed by atoms with E-state index in [0.717, 1.165) is 41.1 Å². The van der Waals surface area contributed by atoms with Gasteiger partial charge in [-0.25, -0.2) is 0 Å². The highest BCUT2D eigenvalue weighted by atomic mass is 16.5. The third-order valence-electron chi connectivity index (χ3n) is 3.68. The number of nitrogens with two attached hydrogens (primary N) is 1. The molecule has 2 rings (SSSR count). The van der Waals surface area contributed by atoms with Crippen LogP contribution >= 0.6 is 0 Å². The van der Waals surface area contributed by atoms with Crippen molar-refractivity contribution in [2.24, 2.45) is 12.8 Å². The summed E-state index contributed by atoms with van der Waals surface area (Å²) in [5, 5.41) is 4.46. The lowest BCUT2D eigenvalue weighted by molar-refractivity contribution is 0.410. The second kappa shape index (κ2) is 6.09. The molecule has 0 spiro atoms. The summed E-state index contributed by atoms with van der Waals surface area (Å²) in [6.07, 6.45) is 1.72. The lowest BCUT2D eigenvalue weighted by atomic mass is 10.0. The summed E-state index contributed by atoms with van der Waals surface area (Å²) < 4.78 is 7.28. The molecule has 0 radical (unpaired) electrons. The first-order valence-corrected chi connectivity index (χ1v) is 6.97. The van der Waals surface area contributed by atoms with Crippen LogP contribution < -0.4 is 10.5 Å². The van der Waals surface area contributed by atoms with Crippen molar-refractivity contribution in [2.75, 3.05) is 7.11 Å². The third-order valence-corrected chi connectivity index (χ3v) is 3.68. The van der Waals surface area contributed by atoms with E-state index < -0.39 is 0 Å². The van der Waals surface area contributed by atoms with Crippen molar-refractivity contribution in [2.45, 2.75) is 32.7 Å². The van der Waals surface area contributed by atoms with Crippen LogP contribution in [0.4, 0.5) is 0 Å². The fourth-order valence-electron chi connectivity index (χ4n) is 2.35. The van der Waals surface area contributed by atoms with Crippen molar-refractivity contribution in [1.82, 2.24) is 9.78 Å². The van der Waals surface area contributed by atoms with Crippen LogP contribution in [-0.2, 0) is 19.9 Å². The second-order valence-electron chi connectivity index (χ2n) is 5.14. The zero-order valence-electron chi connectivity index (χ0n) is 12.7. The molecule has 0 amide bonds. The summed E-state index contributed by atoms with van der Waals surface area (Å²) in [5.74, 6) is 0.886. The number of benzene rings is 1. The Hall–Kier alpha value is -1.81. The maximum absolute atomic E-state index is 6.32. The fourth-order valence-corrected chi connectivity index (χ4v) is 2.35. The van der Waals surface area contributed by atoms with Gasteiger partial charge in [-0.15, -0.1) is 0 Å². The minimum Gasteiger partial charge on any atom is -0.496 e. The lowest BCUT2D eigenvalue weighted by Crippen LogP contribution is -2.15. The molecule has 1 heterocycles. The van der Waals surface area contributed by atoms with Crippen molar-refractivity contribution < 1.29 is 4.74 Å².